The molecule has 0 radical (unpaired) electrons. The van der Waals surface area contributed by atoms with Crippen molar-refractivity contribution in [3.63, 3.8) is 0 Å². The minimum absolute atomic E-state index is 0.0219. The summed E-state index contributed by atoms with van der Waals surface area (Å²) in [6.07, 6.45) is 1.87. The SMILES string of the molecule is CCN(CC)c1onc(-c2ccccc2)c1CN(C[C@@H]1CCCO1)C(=O)c1ccc(F)cc1. The Morgan fingerprint density at radius 1 is 1.09 bits per heavy atom. The first-order valence-corrected chi connectivity index (χ1v) is 11.6. The molecular weight excluding hydrogens is 421 g/mol. The molecule has 1 aliphatic rings. The number of hydrogen-bond acceptors (Lipinski definition) is 5. The topological polar surface area (TPSA) is 58.8 Å². The summed E-state index contributed by atoms with van der Waals surface area (Å²) >= 11 is 0. The van der Waals surface area contributed by atoms with Gasteiger partial charge >= 0.3 is 0 Å². The predicted molar refractivity (Wildman–Crippen MR) is 126 cm³/mol. The zero-order valence-corrected chi connectivity index (χ0v) is 19.2. The third kappa shape index (κ3) is 5.25. The summed E-state index contributed by atoms with van der Waals surface area (Å²) in [5.41, 5.74) is 2.96. The molecule has 1 aliphatic heterocycles. The molecule has 0 bridgehead atoms. The van der Waals surface area contributed by atoms with Crippen LogP contribution in [0, 0.1) is 5.82 Å². The number of rotatable bonds is 9. The van der Waals surface area contributed by atoms with Gasteiger partial charge in [0.2, 0.25) is 5.88 Å². The van der Waals surface area contributed by atoms with E-state index in [1.807, 2.05) is 30.3 Å². The molecule has 0 saturated carbocycles. The van der Waals surface area contributed by atoms with Gasteiger partial charge in [-0.2, -0.15) is 0 Å². The second kappa shape index (κ2) is 10.6. The summed E-state index contributed by atoms with van der Waals surface area (Å²) in [6.45, 7) is 7.10. The molecule has 1 atom stereocenters. The van der Waals surface area contributed by atoms with Crippen molar-refractivity contribution in [1.82, 2.24) is 10.1 Å². The van der Waals surface area contributed by atoms with Gasteiger partial charge in [-0.1, -0.05) is 35.5 Å². The van der Waals surface area contributed by atoms with E-state index < -0.39 is 0 Å². The molecular formula is C26H30FN3O3. The van der Waals surface area contributed by atoms with Crippen LogP contribution in [0.2, 0.25) is 0 Å². The van der Waals surface area contributed by atoms with Gasteiger partial charge in [0.15, 0.2) is 0 Å². The zero-order chi connectivity index (χ0) is 23.2. The highest BCUT2D eigenvalue weighted by atomic mass is 19.1. The molecule has 0 unspecified atom stereocenters. The van der Waals surface area contributed by atoms with Crippen molar-refractivity contribution in [3.8, 4) is 11.3 Å². The number of carbonyl (C=O) groups excluding carboxylic acids is 1. The third-order valence-electron chi connectivity index (χ3n) is 6.04. The van der Waals surface area contributed by atoms with Crippen LogP contribution in [0.1, 0.15) is 42.6 Å². The fourth-order valence-corrected chi connectivity index (χ4v) is 4.24. The van der Waals surface area contributed by atoms with Gasteiger partial charge in [0, 0.05) is 37.4 Å². The molecule has 33 heavy (non-hydrogen) atoms. The molecule has 2 heterocycles. The van der Waals surface area contributed by atoms with Gasteiger partial charge in [-0.15, -0.1) is 0 Å². The Balaban J connectivity index is 1.72. The number of benzene rings is 2. The number of ether oxygens (including phenoxy) is 1. The number of anilines is 1. The second-order valence-electron chi connectivity index (χ2n) is 8.18. The summed E-state index contributed by atoms with van der Waals surface area (Å²) < 4.78 is 25.1. The van der Waals surface area contributed by atoms with E-state index >= 15 is 0 Å². The van der Waals surface area contributed by atoms with E-state index in [1.165, 1.54) is 24.3 Å². The Labute approximate surface area is 193 Å². The van der Waals surface area contributed by atoms with Crippen LogP contribution in [-0.4, -0.2) is 48.3 Å². The van der Waals surface area contributed by atoms with Crippen molar-refractivity contribution in [2.45, 2.75) is 39.3 Å². The van der Waals surface area contributed by atoms with Crippen LogP contribution in [0.4, 0.5) is 10.3 Å². The molecule has 0 aliphatic carbocycles. The molecule has 7 heteroatoms. The molecule has 4 rings (SSSR count). The molecule has 0 spiro atoms. The van der Waals surface area contributed by atoms with Gasteiger partial charge in [0.25, 0.3) is 5.91 Å². The van der Waals surface area contributed by atoms with E-state index in [9.17, 15) is 9.18 Å². The first-order chi connectivity index (χ1) is 16.1. The monoisotopic (exact) mass is 451 g/mol. The fourth-order valence-electron chi connectivity index (χ4n) is 4.24. The average Bonchev–Trinajstić information content (AvgIpc) is 3.51. The number of amides is 1. The van der Waals surface area contributed by atoms with E-state index in [4.69, 9.17) is 9.26 Å². The van der Waals surface area contributed by atoms with E-state index in [0.717, 1.165) is 42.8 Å². The van der Waals surface area contributed by atoms with Gasteiger partial charge in [-0.05, 0) is 51.0 Å². The van der Waals surface area contributed by atoms with Crippen LogP contribution >= 0.6 is 0 Å². The minimum Gasteiger partial charge on any atom is -0.376 e. The third-order valence-corrected chi connectivity index (χ3v) is 6.04. The molecule has 174 valence electrons. The molecule has 0 N–H and O–H groups in total. The van der Waals surface area contributed by atoms with Crippen LogP contribution in [0.15, 0.2) is 59.1 Å². The van der Waals surface area contributed by atoms with Crippen LogP contribution in [0.25, 0.3) is 11.3 Å². The Bertz CT molecular complexity index is 1040. The van der Waals surface area contributed by atoms with Crippen molar-refractivity contribution in [2.75, 3.05) is 31.1 Å². The lowest BCUT2D eigenvalue weighted by atomic mass is 10.1. The van der Waals surface area contributed by atoms with Gasteiger partial charge in [-0.3, -0.25) is 4.79 Å². The molecule has 2 aromatic carbocycles. The maximum Gasteiger partial charge on any atom is 0.254 e. The lowest BCUT2D eigenvalue weighted by Crippen LogP contribution is -2.37. The smallest absolute Gasteiger partial charge is 0.254 e. The summed E-state index contributed by atoms with van der Waals surface area (Å²) in [5.74, 6) is 0.130. The Hall–Kier alpha value is -3.19. The van der Waals surface area contributed by atoms with Crippen LogP contribution in [-0.2, 0) is 11.3 Å². The quantitative estimate of drug-likeness (QED) is 0.450. The van der Waals surface area contributed by atoms with Crippen molar-refractivity contribution in [1.29, 1.82) is 0 Å². The van der Waals surface area contributed by atoms with E-state index in [0.29, 0.717) is 31.1 Å². The van der Waals surface area contributed by atoms with Gasteiger partial charge in [0.05, 0.1) is 18.2 Å². The number of nitrogens with zero attached hydrogens (tertiary/aromatic N) is 3. The van der Waals surface area contributed by atoms with E-state index in [-0.39, 0.29) is 17.8 Å². The molecule has 1 aromatic heterocycles. The lowest BCUT2D eigenvalue weighted by Gasteiger charge is -2.27. The van der Waals surface area contributed by atoms with Crippen molar-refractivity contribution >= 4 is 11.8 Å². The average molecular weight is 452 g/mol. The van der Waals surface area contributed by atoms with Crippen LogP contribution in [0.3, 0.4) is 0 Å². The normalized spacial score (nSPS) is 15.5. The van der Waals surface area contributed by atoms with Crippen molar-refractivity contribution in [3.05, 3.63) is 71.5 Å². The second-order valence-corrected chi connectivity index (χ2v) is 8.18. The van der Waals surface area contributed by atoms with Crippen molar-refractivity contribution < 1.29 is 18.4 Å². The summed E-state index contributed by atoms with van der Waals surface area (Å²) in [6, 6.07) is 15.5. The summed E-state index contributed by atoms with van der Waals surface area (Å²) in [7, 11) is 0. The number of halogens is 1. The highest BCUT2D eigenvalue weighted by Gasteiger charge is 2.28. The van der Waals surface area contributed by atoms with Crippen LogP contribution < -0.4 is 4.90 Å². The number of hydrogen-bond donors (Lipinski definition) is 0. The molecule has 3 aromatic rings. The Kier molecular flexibility index (Phi) is 7.40. The predicted octanol–water partition coefficient (Wildman–Crippen LogP) is 5.15. The maximum atomic E-state index is 13.5. The lowest BCUT2D eigenvalue weighted by molar-refractivity contribution is 0.0507. The summed E-state index contributed by atoms with van der Waals surface area (Å²) in [5, 5.41) is 4.40. The number of aromatic nitrogens is 1. The molecule has 6 nitrogen and oxygen atoms in total. The standard InChI is InChI=1S/C26H30FN3O3/c1-3-29(4-2)26-23(24(28-33-26)19-9-6-5-7-10-19)18-30(17-22-11-8-16-32-22)25(31)20-12-14-21(27)15-13-20/h5-7,9-10,12-15,22H,3-4,8,11,16-18H2,1-2H3/t22-/m0/s1. The largest absolute Gasteiger partial charge is 0.376 e. The summed E-state index contributed by atoms with van der Waals surface area (Å²) in [4.78, 5) is 17.4. The molecule has 1 amide bonds. The number of carbonyl (C=O) groups is 1. The first kappa shape index (κ1) is 23.0. The highest BCUT2D eigenvalue weighted by molar-refractivity contribution is 5.94. The minimum atomic E-state index is -0.369. The van der Waals surface area contributed by atoms with E-state index in [1.54, 1.807) is 4.90 Å². The van der Waals surface area contributed by atoms with Gasteiger partial charge in [0.1, 0.15) is 11.5 Å². The van der Waals surface area contributed by atoms with Crippen molar-refractivity contribution in [2.24, 2.45) is 0 Å². The van der Waals surface area contributed by atoms with E-state index in [2.05, 4.69) is 23.9 Å². The zero-order valence-electron chi connectivity index (χ0n) is 19.2. The fraction of sp³-hybridized carbons (Fsp3) is 0.385. The van der Waals surface area contributed by atoms with Gasteiger partial charge in [-0.25, -0.2) is 4.39 Å². The molecule has 1 saturated heterocycles. The Morgan fingerprint density at radius 2 is 1.82 bits per heavy atom. The van der Waals surface area contributed by atoms with Crippen LogP contribution in [0.5, 0.6) is 0 Å². The Morgan fingerprint density at radius 3 is 2.45 bits per heavy atom. The maximum absolute atomic E-state index is 13.5. The highest BCUT2D eigenvalue weighted by Crippen LogP contribution is 2.33. The van der Waals surface area contributed by atoms with Gasteiger partial charge < -0.3 is 19.1 Å². The first-order valence-electron chi connectivity index (χ1n) is 11.6. The molecule has 1 fully saturated rings.